The molecule has 3 amide bonds. The molecule has 2 saturated heterocycles. The number of H-pyrrole nitrogens is 2. The van der Waals surface area contributed by atoms with E-state index in [0.29, 0.717) is 18.9 Å². The molecule has 4 aromatic rings. The van der Waals surface area contributed by atoms with Gasteiger partial charge in [0, 0.05) is 33.7 Å². The average molecular weight is 763 g/mol. The third-order valence-electron chi connectivity index (χ3n) is 11.5. The molecule has 2 aromatic heterocycles. The van der Waals surface area contributed by atoms with E-state index in [1.807, 2.05) is 32.0 Å². The number of imidazole rings is 2. The molecule has 14 nitrogen and oxygen atoms in total. The van der Waals surface area contributed by atoms with Gasteiger partial charge >= 0.3 is 6.09 Å². The van der Waals surface area contributed by atoms with Gasteiger partial charge in [0.1, 0.15) is 23.7 Å². The Hall–Kier alpha value is -5.66. The van der Waals surface area contributed by atoms with Crippen LogP contribution in [0.25, 0.3) is 33.6 Å². The van der Waals surface area contributed by atoms with Gasteiger partial charge in [-0.3, -0.25) is 19.5 Å². The van der Waals surface area contributed by atoms with Crippen molar-refractivity contribution in [2.24, 2.45) is 16.8 Å². The number of aromatic amines is 2. The van der Waals surface area contributed by atoms with Gasteiger partial charge in [-0.1, -0.05) is 76.2 Å². The van der Waals surface area contributed by atoms with Crippen LogP contribution in [-0.4, -0.2) is 121 Å². The smallest absolute Gasteiger partial charge is 0.407 e. The molecule has 0 saturated carbocycles. The summed E-state index contributed by atoms with van der Waals surface area (Å²) in [6.07, 6.45) is 5.93. The second-order valence-corrected chi connectivity index (χ2v) is 16.0. The first kappa shape index (κ1) is 38.6. The zero-order chi connectivity index (χ0) is 39.7. The molecule has 4 N–H and O–H groups in total. The van der Waals surface area contributed by atoms with Crippen LogP contribution in [-0.2, 0) is 9.59 Å². The maximum Gasteiger partial charge on any atom is 0.407 e. The van der Waals surface area contributed by atoms with Crippen molar-refractivity contribution in [2.45, 2.75) is 77.5 Å². The van der Waals surface area contributed by atoms with Gasteiger partial charge in [-0.15, -0.1) is 0 Å². The van der Waals surface area contributed by atoms with Crippen LogP contribution in [0.2, 0.25) is 0 Å². The second-order valence-electron chi connectivity index (χ2n) is 16.0. The summed E-state index contributed by atoms with van der Waals surface area (Å²) in [4.78, 5) is 67.1. The average Bonchev–Trinajstić information content (AvgIpc) is 4.04. The molecule has 0 bridgehead atoms. The minimum Gasteiger partial charge on any atom is -0.465 e. The highest BCUT2D eigenvalue weighted by Gasteiger charge is 2.40. The zero-order valence-corrected chi connectivity index (χ0v) is 33.2. The summed E-state index contributed by atoms with van der Waals surface area (Å²) in [6.45, 7) is 10.7. The van der Waals surface area contributed by atoms with Crippen molar-refractivity contribution in [3.8, 4) is 33.6 Å². The monoisotopic (exact) mass is 762 g/mol. The number of likely N-dealkylation sites (N-methyl/N-ethyl adjacent to an activating group) is 2. The highest BCUT2D eigenvalue weighted by Crippen LogP contribution is 2.35. The second kappa shape index (κ2) is 16.2. The molecule has 4 atom stereocenters. The van der Waals surface area contributed by atoms with Gasteiger partial charge in [0.2, 0.25) is 11.8 Å². The van der Waals surface area contributed by atoms with Crippen molar-refractivity contribution in [1.82, 2.24) is 44.9 Å². The first-order valence-electron chi connectivity index (χ1n) is 19.8. The lowest BCUT2D eigenvalue weighted by atomic mass is 10.0. The van der Waals surface area contributed by atoms with Crippen molar-refractivity contribution >= 4 is 23.9 Å². The Morgan fingerprint density at radius 3 is 1.66 bits per heavy atom. The van der Waals surface area contributed by atoms with Crippen LogP contribution in [0, 0.1) is 11.8 Å². The largest absolute Gasteiger partial charge is 0.465 e. The third kappa shape index (κ3) is 7.74. The molecule has 3 aliphatic rings. The van der Waals surface area contributed by atoms with E-state index < -0.39 is 12.1 Å². The summed E-state index contributed by atoms with van der Waals surface area (Å²) in [5.41, 5.74) is 5.91. The predicted octanol–water partition coefficient (Wildman–Crippen LogP) is 6.01. The van der Waals surface area contributed by atoms with Crippen LogP contribution < -0.4 is 5.32 Å². The van der Waals surface area contributed by atoms with Crippen LogP contribution in [0.1, 0.15) is 77.1 Å². The van der Waals surface area contributed by atoms with Crippen molar-refractivity contribution in [2.75, 3.05) is 40.3 Å². The van der Waals surface area contributed by atoms with E-state index in [1.54, 1.807) is 11.1 Å². The Morgan fingerprint density at radius 2 is 1.23 bits per heavy atom. The number of carbonyl (C=O) groups excluding carboxylic acids is 2. The van der Waals surface area contributed by atoms with Gasteiger partial charge in [-0.05, 0) is 59.8 Å². The number of nitrogens with one attached hydrogen (secondary N) is 3. The highest BCUT2D eigenvalue weighted by molar-refractivity contribution is 5.90. The van der Waals surface area contributed by atoms with Gasteiger partial charge in [-0.2, -0.15) is 0 Å². The molecular weight excluding hydrogens is 709 g/mol. The van der Waals surface area contributed by atoms with Gasteiger partial charge < -0.3 is 35.1 Å². The SMILES string of the molecule is CC(C)[C@H](NC1=NCCN1C)C(=O)N1CCC[C@H]1c1ncc(-c2ccc(-c3ccc(-c4cnc([C@@H]5CCCN5C(=O)[C@H](C(C)C)N(C)C(=O)O)[nH]4)cc3)cc2)[nH]1. The molecule has 5 heterocycles. The number of aromatic nitrogens is 4. The lowest BCUT2D eigenvalue weighted by molar-refractivity contribution is -0.138. The highest BCUT2D eigenvalue weighted by atomic mass is 16.4. The zero-order valence-electron chi connectivity index (χ0n) is 33.2. The molecule has 0 aliphatic carbocycles. The van der Waals surface area contributed by atoms with Gasteiger partial charge in [0.15, 0.2) is 5.96 Å². The molecule has 0 radical (unpaired) electrons. The number of aliphatic imine (C=N–C) groups is 1. The van der Waals surface area contributed by atoms with Crippen LogP contribution in [0.3, 0.4) is 0 Å². The molecule has 3 aliphatic heterocycles. The number of likely N-dealkylation sites (tertiary alicyclic amines) is 2. The van der Waals surface area contributed by atoms with Crippen molar-refractivity contribution in [3.05, 3.63) is 72.6 Å². The van der Waals surface area contributed by atoms with E-state index in [-0.39, 0.29) is 41.8 Å². The Kier molecular flexibility index (Phi) is 11.2. The normalized spacial score (nSPS) is 19.5. The Bertz CT molecular complexity index is 2050. The number of benzene rings is 2. The minimum absolute atomic E-state index is 0.0849. The summed E-state index contributed by atoms with van der Waals surface area (Å²) >= 11 is 0. The van der Waals surface area contributed by atoms with E-state index in [1.165, 1.54) is 7.05 Å². The Labute approximate surface area is 328 Å². The van der Waals surface area contributed by atoms with Crippen molar-refractivity contribution in [3.63, 3.8) is 0 Å². The third-order valence-corrected chi connectivity index (χ3v) is 11.5. The van der Waals surface area contributed by atoms with Crippen LogP contribution in [0.15, 0.2) is 65.9 Å². The van der Waals surface area contributed by atoms with E-state index in [9.17, 15) is 19.5 Å². The lowest BCUT2D eigenvalue weighted by Crippen LogP contribution is -2.53. The Balaban J connectivity index is 1.00. The standard InChI is InChI=1S/C42H54N10O4/c1-25(2)35(48-41-43-19-22-49(41)5)39(53)51-20-7-9-33(51)37-44-23-31(46-37)29-15-11-27(12-16-29)28-13-17-30(18-14-28)32-24-45-38(47-32)34-10-8-21-52(34)40(54)36(26(3)4)50(6)42(55)56/h11-18,23-26,33-36H,7-10,19-22H2,1-6H3,(H,43,48)(H,44,46)(H,45,47)(H,55,56)/t33-,34-,35-,36-/m0/s1. The van der Waals surface area contributed by atoms with Gasteiger partial charge in [0.05, 0.1) is 42.4 Å². The topological polar surface area (TPSA) is 166 Å². The van der Waals surface area contributed by atoms with E-state index >= 15 is 0 Å². The van der Waals surface area contributed by atoms with E-state index in [2.05, 4.69) is 92.5 Å². The van der Waals surface area contributed by atoms with E-state index in [0.717, 1.165) is 89.1 Å². The van der Waals surface area contributed by atoms with Crippen LogP contribution in [0.4, 0.5) is 4.79 Å². The molecular formula is C42H54N10O4. The molecule has 2 aromatic carbocycles. The summed E-state index contributed by atoms with van der Waals surface area (Å²) in [6, 6.07) is 15.2. The number of carboxylic acid groups (broad SMARTS) is 1. The van der Waals surface area contributed by atoms with Crippen molar-refractivity contribution in [1.29, 1.82) is 0 Å². The molecule has 0 unspecified atom stereocenters. The number of nitrogens with zero attached hydrogens (tertiary/aromatic N) is 7. The fourth-order valence-electron chi connectivity index (χ4n) is 8.33. The summed E-state index contributed by atoms with van der Waals surface area (Å²) in [7, 11) is 3.45. The number of rotatable bonds is 11. The summed E-state index contributed by atoms with van der Waals surface area (Å²) in [5, 5.41) is 13.0. The molecule has 296 valence electrons. The van der Waals surface area contributed by atoms with E-state index in [4.69, 9.17) is 4.98 Å². The molecule has 7 rings (SSSR count). The molecule has 0 spiro atoms. The molecule has 2 fully saturated rings. The first-order chi connectivity index (χ1) is 26.9. The maximum atomic E-state index is 13.9. The van der Waals surface area contributed by atoms with Crippen LogP contribution >= 0.6 is 0 Å². The number of guanidine groups is 1. The maximum absolute atomic E-state index is 13.9. The Morgan fingerprint density at radius 1 is 0.750 bits per heavy atom. The first-order valence-corrected chi connectivity index (χ1v) is 19.8. The lowest BCUT2D eigenvalue weighted by Gasteiger charge is -2.33. The fraction of sp³-hybridized carbons (Fsp3) is 0.476. The van der Waals surface area contributed by atoms with Gasteiger partial charge in [-0.25, -0.2) is 14.8 Å². The molecule has 14 heteroatoms. The van der Waals surface area contributed by atoms with Gasteiger partial charge in [0.25, 0.3) is 0 Å². The van der Waals surface area contributed by atoms with Crippen molar-refractivity contribution < 1.29 is 19.5 Å². The quantitative estimate of drug-likeness (QED) is 0.144. The van der Waals surface area contributed by atoms with Crippen LogP contribution in [0.5, 0.6) is 0 Å². The fourth-order valence-corrected chi connectivity index (χ4v) is 8.33. The predicted molar refractivity (Wildman–Crippen MR) is 216 cm³/mol. The number of carbonyl (C=O) groups is 3. The molecule has 56 heavy (non-hydrogen) atoms. The summed E-state index contributed by atoms with van der Waals surface area (Å²) < 4.78 is 0. The minimum atomic E-state index is -1.12. The number of hydrogen-bond donors (Lipinski definition) is 4. The summed E-state index contributed by atoms with van der Waals surface area (Å²) in [5.74, 6) is 2.14. The number of amides is 3. The number of hydrogen-bond acceptors (Lipinski definition) is 8.